The summed E-state index contributed by atoms with van der Waals surface area (Å²) in [6.45, 7) is 0.215. The van der Waals surface area contributed by atoms with Gasteiger partial charge in [0.1, 0.15) is 5.75 Å². The molecule has 0 bridgehead atoms. The third kappa shape index (κ3) is 2.29. The van der Waals surface area contributed by atoms with Crippen molar-refractivity contribution in [3.8, 4) is 5.75 Å². The Labute approximate surface area is 105 Å². The summed E-state index contributed by atoms with van der Waals surface area (Å²) in [6.07, 6.45) is 2.90. The molecule has 2 rings (SSSR count). The lowest BCUT2D eigenvalue weighted by Gasteiger charge is -2.14. The minimum absolute atomic E-state index is 0.0432. The second kappa shape index (κ2) is 4.44. The van der Waals surface area contributed by atoms with Crippen molar-refractivity contribution in [1.82, 2.24) is 0 Å². The summed E-state index contributed by atoms with van der Waals surface area (Å²) < 4.78 is 5.09. The van der Waals surface area contributed by atoms with Crippen LogP contribution in [0.1, 0.15) is 18.4 Å². The Morgan fingerprint density at radius 2 is 2.00 bits per heavy atom. The molecular weight excluding hydrogens is 247 g/mol. The fourth-order valence-electron chi connectivity index (χ4n) is 1.83. The SMILES string of the molecule is COc1cc(Cl)c(CC2(CO)CC2)cc1Cl. The van der Waals surface area contributed by atoms with Crippen molar-refractivity contribution < 1.29 is 9.84 Å². The molecule has 0 heterocycles. The number of rotatable bonds is 4. The quantitative estimate of drug-likeness (QED) is 0.900. The molecule has 1 saturated carbocycles. The molecule has 0 unspecified atom stereocenters. The van der Waals surface area contributed by atoms with E-state index < -0.39 is 0 Å². The lowest BCUT2D eigenvalue weighted by molar-refractivity contribution is 0.211. The summed E-state index contributed by atoms with van der Waals surface area (Å²) in [5.74, 6) is 0.587. The number of methoxy groups -OCH3 is 1. The lowest BCUT2D eigenvalue weighted by atomic mass is 9.97. The van der Waals surface area contributed by atoms with Crippen LogP contribution in [0.3, 0.4) is 0 Å². The molecule has 0 amide bonds. The van der Waals surface area contributed by atoms with E-state index in [2.05, 4.69) is 0 Å². The van der Waals surface area contributed by atoms with Crippen LogP contribution in [0, 0.1) is 5.41 Å². The number of hydrogen-bond acceptors (Lipinski definition) is 2. The lowest BCUT2D eigenvalue weighted by Crippen LogP contribution is -2.10. The van der Waals surface area contributed by atoms with Crippen LogP contribution in [0.25, 0.3) is 0 Å². The molecule has 16 heavy (non-hydrogen) atoms. The fourth-order valence-corrected chi connectivity index (χ4v) is 2.32. The van der Waals surface area contributed by atoms with Crippen molar-refractivity contribution in [2.24, 2.45) is 5.41 Å². The van der Waals surface area contributed by atoms with Crippen molar-refractivity contribution in [3.63, 3.8) is 0 Å². The molecule has 0 spiro atoms. The van der Waals surface area contributed by atoms with E-state index >= 15 is 0 Å². The van der Waals surface area contributed by atoms with Gasteiger partial charge in [0.25, 0.3) is 0 Å². The van der Waals surface area contributed by atoms with E-state index in [0.29, 0.717) is 15.8 Å². The monoisotopic (exact) mass is 260 g/mol. The second-order valence-electron chi connectivity index (χ2n) is 4.41. The van der Waals surface area contributed by atoms with Crippen LogP contribution >= 0.6 is 23.2 Å². The molecular formula is C12H14Cl2O2. The van der Waals surface area contributed by atoms with E-state index in [1.54, 1.807) is 13.2 Å². The topological polar surface area (TPSA) is 29.5 Å². The van der Waals surface area contributed by atoms with Gasteiger partial charge in [0.05, 0.1) is 12.1 Å². The summed E-state index contributed by atoms with van der Waals surface area (Å²) in [5, 5.41) is 10.5. The van der Waals surface area contributed by atoms with Crippen molar-refractivity contribution in [3.05, 3.63) is 27.7 Å². The minimum atomic E-state index is 0.0432. The zero-order valence-corrected chi connectivity index (χ0v) is 10.6. The molecule has 1 aliphatic rings. The summed E-state index contributed by atoms with van der Waals surface area (Å²) >= 11 is 12.2. The van der Waals surface area contributed by atoms with Crippen LogP contribution in [0.4, 0.5) is 0 Å². The molecule has 1 aromatic carbocycles. The molecule has 88 valence electrons. The van der Waals surface area contributed by atoms with Crippen molar-refractivity contribution in [2.45, 2.75) is 19.3 Å². The summed E-state index contributed by atoms with van der Waals surface area (Å²) in [5.41, 5.74) is 1.03. The van der Waals surface area contributed by atoms with E-state index in [0.717, 1.165) is 24.8 Å². The van der Waals surface area contributed by atoms with E-state index in [-0.39, 0.29) is 12.0 Å². The van der Waals surface area contributed by atoms with Crippen LogP contribution in [0.5, 0.6) is 5.75 Å². The molecule has 0 saturated heterocycles. The number of benzene rings is 1. The van der Waals surface area contributed by atoms with Gasteiger partial charge in [-0.1, -0.05) is 23.2 Å². The van der Waals surface area contributed by atoms with Gasteiger partial charge in [-0.3, -0.25) is 0 Å². The van der Waals surface area contributed by atoms with Crippen LogP contribution < -0.4 is 4.74 Å². The van der Waals surface area contributed by atoms with Gasteiger partial charge >= 0.3 is 0 Å². The number of hydrogen-bond donors (Lipinski definition) is 1. The first-order valence-electron chi connectivity index (χ1n) is 5.23. The maximum atomic E-state index is 9.28. The highest BCUT2D eigenvalue weighted by Crippen LogP contribution is 2.49. The maximum absolute atomic E-state index is 9.28. The van der Waals surface area contributed by atoms with E-state index in [1.165, 1.54) is 0 Å². The zero-order valence-electron chi connectivity index (χ0n) is 9.09. The Morgan fingerprint density at radius 3 is 2.50 bits per heavy atom. The second-order valence-corrected chi connectivity index (χ2v) is 5.23. The molecule has 1 aromatic rings. The average molecular weight is 261 g/mol. The third-order valence-corrected chi connectivity index (χ3v) is 3.83. The van der Waals surface area contributed by atoms with Crippen molar-refractivity contribution in [2.75, 3.05) is 13.7 Å². The number of aliphatic hydroxyl groups is 1. The summed E-state index contributed by atoms with van der Waals surface area (Å²) in [7, 11) is 1.56. The molecule has 2 nitrogen and oxygen atoms in total. The van der Waals surface area contributed by atoms with Gasteiger partial charge in [0.15, 0.2) is 0 Å². The molecule has 4 heteroatoms. The highest BCUT2D eigenvalue weighted by Gasteiger charge is 2.42. The summed E-state index contributed by atoms with van der Waals surface area (Å²) in [4.78, 5) is 0. The van der Waals surface area contributed by atoms with Crippen molar-refractivity contribution in [1.29, 1.82) is 0 Å². The van der Waals surface area contributed by atoms with E-state index in [1.807, 2.05) is 6.07 Å². The molecule has 0 aromatic heterocycles. The van der Waals surface area contributed by atoms with E-state index in [4.69, 9.17) is 27.9 Å². The summed E-state index contributed by atoms with van der Waals surface area (Å²) in [6, 6.07) is 3.56. The first kappa shape index (κ1) is 12.0. The minimum Gasteiger partial charge on any atom is -0.495 e. The Bertz CT molecular complexity index is 400. The van der Waals surface area contributed by atoms with Gasteiger partial charge in [0.2, 0.25) is 0 Å². The highest BCUT2D eigenvalue weighted by molar-refractivity contribution is 6.34. The van der Waals surface area contributed by atoms with Crippen LogP contribution in [-0.4, -0.2) is 18.8 Å². The Morgan fingerprint density at radius 1 is 1.31 bits per heavy atom. The Balaban J connectivity index is 2.25. The Kier molecular flexibility index (Phi) is 3.34. The van der Waals surface area contributed by atoms with Crippen LogP contribution in [0.15, 0.2) is 12.1 Å². The third-order valence-electron chi connectivity index (χ3n) is 3.18. The van der Waals surface area contributed by atoms with E-state index in [9.17, 15) is 5.11 Å². The largest absolute Gasteiger partial charge is 0.495 e. The first-order chi connectivity index (χ1) is 7.60. The fraction of sp³-hybridized carbons (Fsp3) is 0.500. The van der Waals surface area contributed by atoms with Crippen LogP contribution in [-0.2, 0) is 6.42 Å². The van der Waals surface area contributed by atoms with Gasteiger partial charge < -0.3 is 9.84 Å². The van der Waals surface area contributed by atoms with Crippen LogP contribution in [0.2, 0.25) is 10.0 Å². The molecule has 1 aliphatic carbocycles. The van der Waals surface area contributed by atoms with Gasteiger partial charge in [-0.25, -0.2) is 0 Å². The molecule has 0 atom stereocenters. The molecule has 0 aliphatic heterocycles. The maximum Gasteiger partial charge on any atom is 0.138 e. The average Bonchev–Trinajstić information content (AvgIpc) is 3.03. The predicted molar refractivity (Wildman–Crippen MR) is 65.5 cm³/mol. The standard InChI is InChI=1S/C12H14Cl2O2/c1-16-11-5-9(13)8(4-10(11)14)6-12(7-15)2-3-12/h4-5,15H,2-3,6-7H2,1H3. The highest BCUT2D eigenvalue weighted by atomic mass is 35.5. The number of aliphatic hydroxyl groups excluding tert-OH is 1. The van der Waals surface area contributed by atoms with Gasteiger partial charge in [0, 0.05) is 17.7 Å². The first-order valence-corrected chi connectivity index (χ1v) is 5.98. The number of ether oxygens (including phenoxy) is 1. The number of halogens is 2. The Hall–Kier alpha value is -0.440. The van der Waals surface area contributed by atoms with Gasteiger partial charge in [-0.15, -0.1) is 0 Å². The normalized spacial score (nSPS) is 17.2. The van der Waals surface area contributed by atoms with Crippen molar-refractivity contribution >= 4 is 23.2 Å². The van der Waals surface area contributed by atoms with Gasteiger partial charge in [-0.05, 0) is 36.3 Å². The molecule has 1 fully saturated rings. The van der Waals surface area contributed by atoms with Gasteiger partial charge in [-0.2, -0.15) is 0 Å². The smallest absolute Gasteiger partial charge is 0.138 e. The zero-order chi connectivity index (χ0) is 11.8. The molecule has 1 N–H and O–H groups in total. The molecule has 0 radical (unpaired) electrons. The predicted octanol–water partition coefficient (Wildman–Crippen LogP) is 3.32.